The van der Waals surface area contributed by atoms with Gasteiger partial charge in [-0.1, -0.05) is 6.92 Å². The van der Waals surface area contributed by atoms with Crippen LogP contribution in [0.3, 0.4) is 0 Å². The molecule has 0 saturated carbocycles. The first-order chi connectivity index (χ1) is 7.54. The number of aliphatic hydroxyl groups excluding tert-OH is 1. The summed E-state index contributed by atoms with van der Waals surface area (Å²) in [4.78, 5) is 4.23. The van der Waals surface area contributed by atoms with Gasteiger partial charge in [-0.25, -0.2) is 9.37 Å². The van der Waals surface area contributed by atoms with Crippen LogP contribution in [-0.4, -0.2) is 21.1 Å². The lowest BCUT2D eigenvalue weighted by Gasteiger charge is -2.04. The fourth-order valence-corrected chi connectivity index (χ4v) is 2.16. The molecule has 0 aliphatic heterocycles. The van der Waals surface area contributed by atoms with Crippen molar-refractivity contribution in [1.82, 2.24) is 9.38 Å². The largest absolute Gasteiger partial charge is 0.396 e. The lowest BCUT2D eigenvalue weighted by Crippen LogP contribution is -2.01. The van der Waals surface area contributed by atoms with E-state index < -0.39 is 0 Å². The van der Waals surface area contributed by atoms with Gasteiger partial charge in [0.05, 0.1) is 12.3 Å². The fraction of sp³-hybridized carbons (Fsp3) is 0.364. The number of aromatic nitrogens is 2. The minimum atomic E-state index is -0.367. The maximum absolute atomic E-state index is 13.6. The predicted molar refractivity (Wildman–Crippen MR) is 63.1 cm³/mol. The van der Waals surface area contributed by atoms with Crippen molar-refractivity contribution in [2.45, 2.75) is 19.8 Å². The molecule has 0 fully saturated rings. The summed E-state index contributed by atoms with van der Waals surface area (Å²) in [5.41, 5.74) is 1.90. The summed E-state index contributed by atoms with van der Waals surface area (Å²) in [6, 6.07) is 1.38. The minimum absolute atomic E-state index is 0.00745. The van der Waals surface area contributed by atoms with E-state index in [1.54, 1.807) is 10.6 Å². The molecule has 2 heterocycles. The molecule has 3 nitrogen and oxygen atoms in total. The molecule has 0 aromatic carbocycles. The van der Waals surface area contributed by atoms with Crippen LogP contribution >= 0.6 is 15.9 Å². The molecule has 0 saturated heterocycles. The van der Waals surface area contributed by atoms with Crippen LogP contribution in [0.4, 0.5) is 4.39 Å². The molecule has 2 aromatic heterocycles. The summed E-state index contributed by atoms with van der Waals surface area (Å²) < 4.78 is 16.0. The molecule has 1 N–H and O–H groups in total. The monoisotopic (exact) mass is 286 g/mol. The summed E-state index contributed by atoms with van der Waals surface area (Å²) >= 11 is 3.24. The van der Waals surface area contributed by atoms with E-state index in [2.05, 4.69) is 20.9 Å². The van der Waals surface area contributed by atoms with E-state index in [9.17, 15) is 4.39 Å². The molecule has 1 atom stereocenters. The van der Waals surface area contributed by atoms with Crippen molar-refractivity contribution in [3.63, 3.8) is 0 Å². The highest BCUT2D eigenvalue weighted by Crippen LogP contribution is 2.23. The van der Waals surface area contributed by atoms with E-state index in [4.69, 9.17) is 5.11 Å². The predicted octanol–water partition coefficient (Wildman–Crippen LogP) is 2.64. The molecule has 2 rings (SSSR count). The van der Waals surface area contributed by atoms with Crippen LogP contribution in [0.1, 0.15) is 24.2 Å². The number of fused-ring (bicyclic) bond motifs is 1. The van der Waals surface area contributed by atoms with Gasteiger partial charge in [-0.3, -0.25) is 0 Å². The molecule has 86 valence electrons. The van der Waals surface area contributed by atoms with Crippen LogP contribution < -0.4 is 0 Å². The maximum Gasteiger partial charge on any atom is 0.173 e. The van der Waals surface area contributed by atoms with E-state index in [0.717, 1.165) is 11.4 Å². The number of halogens is 2. The fourth-order valence-electron chi connectivity index (χ4n) is 1.76. The van der Waals surface area contributed by atoms with Crippen LogP contribution in [0.5, 0.6) is 0 Å². The summed E-state index contributed by atoms with van der Waals surface area (Å²) in [5, 5.41) is 9.11. The van der Waals surface area contributed by atoms with E-state index >= 15 is 0 Å². The number of imidazole rings is 1. The van der Waals surface area contributed by atoms with Crippen molar-refractivity contribution in [2.75, 3.05) is 6.61 Å². The highest BCUT2D eigenvalue weighted by atomic mass is 79.9. The van der Waals surface area contributed by atoms with Crippen LogP contribution in [-0.2, 0) is 0 Å². The summed E-state index contributed by atoms with van der Waals surface area (Å²) in [6.45, 7) is 3.74. The second-order valence-corrected chi connectivity index (χ2v) is 4.78. The Kier molecular flexibility index (Phi) is 2.99. The van der Waals surface area contributed by atoms with Gasteiger partial charge in [0.1, 0.15) is 0 Å². The second-order valence-electron chi connectivity index (χ2n) is 3.87. The molecule has 2 aromatic rings. The smallest absolute Gasteiger partial charge is 0.173 e. The van der Waals surface area contributed by atoms with Gasteiger partial charge >= 0.3 is 0 Å². The molecule has 0 amide bonds. The highest BCUT2D eigenvalue weighted by molar-refractivity contribution is 9.10. The van der Waals surface area contributed by atoms with Crippen molar-refractivity contribution in [3.8, 4) is 0 Å². The first kappa shape index (κ1) is 11.5. The number of pyridine rings is 1. The quantitative estimate of drug-likeness (QED) is 0.922. The van der Waals surface area contributed by atoms with Crippen molar-refractivity contribution < 1.29 is 9.50 Å². The molecule has 1 unspecified atom stereocenters. The third-order valence-corrected chi connectivity index (χ3v) is 3.09. The molecule has 0 spiro atoms. The van der Waals surface area contributed by atoms with Gasteiger partial charge in [0.15, 0.2) is 11.5 Å². The molecule has 16 heavy (non-hydrogen) atoms. The Hall–Kier alpha value is -0.940. The number of hydrogen-bond donors (Lipinski definition) is 1. The Bertz CT molecular complexity index is 538. The standard InChI is InChI=1S/C11H12BrFN2O/c1-6(5-16)10-7(2)15-4-8(12)3-9(13)11(15)14-10/h3-4,6,16H,5H2,1-2H3. The lowest BCUT2D eigenvalue weighted by molar-refractivity contribution is 0.271. The average molecular weight is 287 g/mol. The molecule has 0 bridgehead atoms. The van der Waals surface area contributed by atoms with E-state index in [0.29, 0.717) is 10.1 Å². The molecule has 0 aliphatic rings. The van der Waals surface area contributed by atoms with E-state index in [1.165, 1.54) is 6.07 Å². The van der Waals surface area contributed by atoms with Gasteiger partial charge in [-0.05, 0) is 28.9 Å². The van der Waals surface area contributed by atoms with Crippen LogP contribution in [0.15, 0.2) is 16.7 Å². The molecule has 0 aliphatic carbocycles. The van der Waals surface area contributed by atoms with Gasteiger partial charge in [0, 0.05) is 22.3 Å². The van der Waals surface area contributed by atoms with Crippen LogP contribution in [0, 0.1) is 12.7 Å². The lowest BCUT2D eigenvalue weighted by atomic mass is 10.1. The highest BCUT2D eigenvalue weighted by Gasteiger charge is 2.16. The van der Waals surface area contributed by atoms with Gasteiger partial charge in [-0.2, -0.15) is 0 Å². The topological polar surface area (TPSA) is 37.5 Å². The second kappa shape index (κ2) is 4.14. The zero-order valence-corrected chi connectivity index (χ0v) is 10.6. The number of rotatable bonds is 2. The van der Waals surface area contributed by atoms with Crippen molar-refractivity contribution in [1.29, 1.82) is 0 Å². The SMILES string of the molecule is Cc1c(C(C)CO)nc2c(F)cc(Br)cn12. The van der Waals surface area contributed by atoms with Crippen molar-refractivity contribution in [3.05, 3.63) is 33.9 Å². The van der Waals surface area contributed by atoms with Gasteiger partial charge < -0.3 is 9.51 Å². The normalized spacial score (nSPS) is 13.3. The van der Waals surface area contributed by atoms with Gasteiger partial charge in [0.2, 0.25) is 0 Å². The molecular formula is C11H12BrFN2O. The van der Waals surface area contributed by atoms with Crippen molar-refractivity contribution in [2.24, 2.45) is 0 Å². The number of nitrogens with zero attached hydrogens (tertiary/aromatic N) is 2. The van der Waals surface area contributed by atoms with Gasteiger partial charge in [-0.15, -0.1) is 0 Å². The first-order valence-corrected chi connectivity index (χ1v) is 5.78. The Balaban J connectivity index is 2.72. The Morgan fingerprint density at radius 2 is 2.31 bits per heavy atom. The summed E-state index contributed by atoms with van der Waals surface area (Å²) in [5.74, 6) is -0.452. The Morgan fingerprint density at radius 1 is 1.62 bits per heavy atom. The average Bonchev–Trinajstić information content (AvgIpc) is 2.56. The summed E-state index contributed by atoms with van der Waals surface area (Å²) in [6.07, 6.45) is 1.77. The summed E-state index contributed by atoms with van der Waals surface area (Å²) in [7, 11) is 0. The minimum Gasteiger partial charge on any atom is -0.396 e. The Labute approximate surface area is 101 Å². The third kappa shape index (κ3) is 1.74. The number of aliphatic hydroxyl groups is 1. The maximum atomic E-state index is 13.6. The van der Waals surface area contributed by atoms with Crippen LogP contribution in [0.25, 0.3) is 5.65 Å². The zero-order chi connectivity index (χ0) is 11.9. The van der Waals surface area contributed by atoms with Crippen molar-refractivity contribution >= 4 is 21.6 Å². The molecular weight excluding hydrogens is 275 g/mol. The molecule has 5 heteroatoms. The molecule has 0 radical (unpaired) electrons. The third-order valence-electron chi connectivity index (χ3n) is 2.66. The first-order valence-electron chi connectivity index (χ1n) is 4.99. The number of hydrogen-bond acceptors (Lipinski definition) is 2. The Morgan fingerprint density at radius 3 is 2.94 bits per heavy atom. The van der Waals surface area contributed by atoms with E-state index in [-0.39, 0.29) is 18.3 Å². The number of aryl methyl sites for hydroxylation is 1. The van der Waals surface area contributed by atoms with Crippen LogP contribution in [0.2, 0.25) is 0 Å². The zero-order valence-electron chi connectivity index (χ0n) is 9.04. The van der Waals surface area contributed by atoms with Gasteiger partial charge in [0.25, 0.3) is 0 Å². The van der Waals surface area contributed by atoms with E-state index in [1.807, 2.05) is 13.8 Å².